The highest BCUT2D eigenvalue weighted by Crippen LogP contribution is 2.35. The second-order valence-corrected chi connectivity index (χ2v) is 7.21. The van der Waals surface area contributed by atoms with Crippen molar-refractivity contribution in [3.05, 3.63) is 60.4 Å². The number of aromatic nitrogens is 3. The fraction of sp³-hybridized carbons (Fsp3) is 0.294. The van der Waals surface area contributed by atoms with Crippen LogP contribution in [-0.4, -0.2) is 37.1 Å². The third kappa shape index (κ3) is 4.35. The van der Waals surface area contributed by atoms with Crippen LogP contribution in [0.1, 0.15) is 19.5 Å². The zero-order chi connectivity index (χ0) is 21.3. The zero-order valence-electron chi connectivity index (χ0n) is 15.3. The van der Waals surface area contributed by atoms with Crippen molar-refractivity contribution < 1.29 is 14.9 Å². The first-order chi connectivity index (χ1) is 13.7. The average Bonchev–Trinajstić information content (AvgIpc) is 2.65. The summed E-state index contributed by atoms with van der Waals surface area (Å²) in [7, 11) is 0. The van der Waals surface area contributed by atoms with Crippen LogP contribution in [0, 0.1) is 5.92 Å². The molecule has 0 saturated carbocycles. The van der Waals surface area contributed by atoms with Gasteiger partial charge in [0.15, 0.2) is 17.7 Å². The monoisotopic (exact) mass is 441 g/mol. The molecule has 29 heavy (non-hydrogen) atoms. The maximum Gasteiger partial charge on any atom is 0.349 e. The third-order valence-electron chi connectivity index (χ3n) is 4.05. The molecule has 3 rings (SSSR count). The number of nitrogens with zero attached hydrogens (tertiary/aromatic N) is 3. The number of nitrogens with one attached hydrogen (secondary N) is 2. The summed E-state index contributed by atoms with van der Waals surface area (Å²) in [5.74, 6) is 0.254. The van der Waals surface area contributed by atoms with Crippen molar-refractivity contribution in [3.63, 3.8) is 0 Å². The molecule has 10 nitrogen and oxygen atoms in total. The molecular formula is C17H17Cl2N5O5. The molecule has 0 amide bonds. The van der Waals surface area contributed by atoms with Gasteiger partial charge in [-0.3, -0.25) is 15.2 Å². The van der Waals surface area contributed by atoms with Gasteiger partial charge in [0.1, 0.15) is 0 Å². The van der Waals surface area contributed by atoms with Gasteiger partial charge in [0.05, 0.1) is 22.3 Å². The first kappa shape index (κ1) is 21.1. The molecule has 12 heteroatoms. The van der Waals surface area contributed by atoms with Gasteiger partial charge < -0.3 is 14.9 Å². The Morgan fingerprint density at radius 3 is 2.52 bits per heavy atom. The van der Waals surface area contributed by atoms with E-state index in [1.54, 1.807) is 6.08 Å². The molecule has 1 aliphatic rings. The van der Waals surface area contributed by atoms with E-state index >= 15 is 0 Å². The molecule has 1 aliphatic heterocycles. The first-order valence-electron chi connectivity index (χ1n) is 8.44. The summed E-state index contributed by atoms with van der Waals surface area (Å²) in [5, 5.41) is 26.9. The number of aromatic amines is 1. The number of H-pyrrole nitrogens is 1. The fourth-order valence-corrected chi connectivity index (χ4v) is 3.12. The molecule has 154 valence electrons. The molecule has 2 aromatic rings. The molecule has 0 bridgehead atoms. The number of benzene rings is 1. The van der Waals surface area contributed by atoms with E-state index in [1.807, 2.05) is 18.8 Å². The average molecular weight is 442 g/mol. The standard InChI is InChI=1S/C17H17Cl2N5O5/c1-7(2)9-5-13(21-22-15(9)26)29-14-10(18)3-8(4-11(14)19)24-17(28)20-16(27)12(6-25)23-24/h3-5,7,15,22,25-26H,6H2,1-2H3,(H,20,27,28). The van der Waals surface area contributed by atoms with Gasteiger partial charge in [-0.15, -0.1) is 5.10 Å². The van der Waals surface area contributed by atoms with Gasteiger partial charge in [0.25, 0.3) is 5.56 Å². The highest BCUT2D eigenvalue weighted by atomic mass is 35.5. The normalized spacial score (nSPS) is 16.3. The Morgan fingerprint density at radius 2 is 1.93 bits per heavy atom. The van der Waals surface area contributed by atoms with Crippen LogP contribution in [0.4, 0.5) is 0 Å². The topological polar surface area (TPSA) is 142 Å². The second kappa shape index (κ2) is 8.37. The summed E-state index contributed by atoms with van der Waals surface area (Å²) < 4.78 is 6.51. The van der Waals surface area contributed by atoms with Gasteiger partial charge in [0.2, 0.25) is 5.90 Å². The largest absolute Gasteiger partial charge is 0.434 e. The van der Waals surface area contributed by atoms with Crippen LogP contribution in [0.15, 0.2) is 38.5 Å². The van der Waals surface area contributed by atoms with Crippen molar-refractivity contribution in [2.24, 2.45) is 11.0 Å². The van der Waals surface area contributed by atoms with Crippen molar-refractivity contribution in [1.82, 2.24) is 20.2 Å². The number of halogens is 2. The van der Waals surface area contributed by atoms with E-state index in [9.17, 15) is 19.8 Å². The zero-order valence-corrected chi connectivity index (χ0v) is 16.8. The van der Waals surface area contributed by atoms with E-state index < -0.39 is 24.1 Å². The van der Waals surface area contributed by atoms with Crippen LogP contribution in [0.25, 0.3) is 5.69 Å². The molecule has 4 N–H and O–H groups in total. The molecule has 0 spiro atoms. The number of hydrogen-bond donors (Lipinski definition) is 4. The van der Waals surface area contributed by atoms with Crippen LogP contribution in [0.5, 0.6) is 5.75 Å². The van der Waals surface area contributed by atoms with Gasteiger partial charge >= 0.3 is 5.69 Å². The molecule has 0 saturated heterocycles. The number of hydrogen-bond acceptors (Lipinski definition) is 8. The molecule has 1 unspecified atom stereocenters. The van der Waals surface area contributed by atoms with Crippen molar-refractivity contribution in [3.8, 4) is 11.4 Å². The first-order valence-corrected chi connectivity index (χ1v) is 9.20. The van der Waals surface area contributed by atoms with Crippen LogP contribution >= 0.6 is 23.2 Å². The fourth-order valence-electron chi connectivity index (χ4n) is 2.57. The quantitative estimate of drug-likeness (QED) is 0.552. The molecule has 0 radical (unpaired) electrons. The highest BCUT2D eigenvalue weighted by Gasteiger charge is 2.21. The molecule has 2 heterocycles. The number of rotatable bonds is 4. The molecule has 1 aromatic heterocycles. The Labute approximate surface area is 174 Å². The lowest BCUT2D eigenvalue weighted by atomic mass is 10.0. The summed E-state index contributed by atoms with van der Waals surface area (Å²) >= 11 is 12.5. The molecular weight excluding hydrogens is 425 g/mol. The lowest BCUT2D eigenvalue weighted by Gasteiger charge is -2.23. The Morgan fingerprint density at radius 1 is 1.28 bits per heavy atom. The van der Waals surface area contributed by atoms with Gasteiger partial charge in [-0.25, -0.2) is 4.79 Å². The minimum atomic E-state index is -0.922. The molecule has 1 aromatic carbocycles. The maximum absolute atomic E-state index is 12.1. The van der Waals surface area contributed by atoms with E-state index in [0.29, 0.717) is 5.57 Å². The maximum atomic E-state index is 12.1. The lowest BCUT2D eigenvalue weighted by molar-refractivity contribution is 0.161. The Hall–Kier alpha value is -2.66. The van der Waals surface area contributed by atoms with Crippen molar-refractivity contribution >= 4 is 29.1 Å². The second-order valence-electron chi connectivity index (χ2n) is 6.40. The van der Waals surface area contributed by atoms with E-state index in [2.05, 4.69) is 15.6 Å². The number of aliphatic hydroxyl groups excluding tert-OH is 2. The highest BCUT2D eigenvalue weighted by molar-refractivity contribution is 6.37. The van der Waals surface area contributed by atoms with E-state index in [0.717, 1.165) is 4.68 Å². The smallest absolute Gasteiger partial charge is 0.349 e. The predicted molar refractivity (Wildman–Crippen MR) is 107 cm³/mol. The summed E-state index contributed by atoms with van der Waals surface area (Å²) in [6, 6.07) is 2.71. The Balaban J connectivity index is 1.98. The van der Waals surface area contributed by atoms with Crippen LogP contribution < -0.4 is 21.4 Å². The Bertz CT molecular complexity index is 1100. The van der Waals surface area contributed by atoms with Crippen molar-refractivity contribution in [2.45, 2.75) is 26.7 Å². The molecule has 0 aliphatic carbocycles. The third-order valence-corrected chi connectivity index (χ3v) is 4.61. The van der Waals surface area contributed by atoms with Gasteiger partial charge in [-0.2, -0.15) is 9.78 Å². The van der Waals surface area contributed by atoms with Crippen LogP contribution in [-0.2, 0) is 6.61 Å². The van der Waals surface area contributed by atoms with E-state index in [1.165, 1.54) is 12.1 Å². The van der Waals surface area contributed by atoms with Crippen molar-refractivity contribution in [1.29, 1.82) is 0 Å². The van der Waals surface area contributed by atoms with E-state index in [4.69, 9.17) is 27.9 Å². The molecule has 1 atom stereocenters. The SMILES string of the molecule is CC(C)C1=CC(Oc2c(Cl)cc(-n3nc(CO)c(=O)[nH]c3=O)cc2Cl)=NNC1O. The van der Waals surface area contributed by atoms with Crippen LogP contribution in [0.2, 0.25) is 10.0 Å². The summed E-state index contributed by atoms with van der Waals surface area (Å²) in [6.45, 7) is 3.16. The number of hydrazone groups is 1. The predicted octanol–water partition coefficient (Wildman–Crippen LogP) is 0.916. The van der Waals surface area contributed by atoms with Crippen molar-refractivity contribution in [2.75, 3.05) is 0 Å². The van der Waals surface area contributed by atoms with Crippen LogP contribution in [0.3, 0.4) is 0 Å². The van der Waals surface area contributed by atoms with Gasteiger partial charge in [-0.05, 0) is 23.6 Å². The minimum Gasteiger partial charge on any atom is -0.434 e. The summed E-state index contributed by atoms with van der Waals surface area (Å²) in [4.78, 5) is 25.7. The van der Waals surface area contributed by atoms with E-state index in [-0.39, 0.29) is 39.0 Å². The number of aliphatic hydroxyl groups is 2. The minimum absolute atomic E-state index is 0.0406. The van der Waals surface area contributed by atoms with Gasteiger partial charge in [-0.1, -0.05) is 37.0 Å². The lowest BCUT2D eigenvalue weighted by Crippen LogP contribution is -2.34. The molecule has 0 fully saturated rings. The summed E-state index contributed by atoms with van der Waals surface area (Å²) in [5.41, 5.74) is 1.50. The Kier molecular flexibility index (Phi) is 6.08. The van der Waals surface area contributed by atoms with Gasteiger partial charge in [0, 0.05) is 6.08 Å². The summed E-state index contributed by atoms with van der Waals surface area (Å²) in [6.07, 6.45) is 0.656. The number of ether oxygens (including phenoxy) is 1.